The Morgan fingerprint density at radius 1 is 1.21 bits per heavy atom. The lowest BCUT2D eigenvalue weighted by atomic mass is 10.1. The number of halogens is 3. The van der Waals surface area contributed by atoms with E-state index >= 15 is 0 Å². The van der Waals surface area contributed by atoms with Crippen LogP contribution in [0, 0.1) is 5.82 Å². The highest BCUT2D eigenvalue weighted by molar-refractivity contribution is 7.79. The van der Waals surface area contributed by atoms with Crippen LogP contribution in [-0.2, 0) is 15.2 Å². The third kappa shape index (κ3) is 7.65. The monoisotopic (exact) mass is 588 g/mol. The number of nitrogens with one attached hydrogen (secondary N) is 1. The van der Waals surface area contributed by atoms with Gasteiger partial charge in [0.1, 0.15) is 18.2 Å². The fourth-order valence-electron chi connectivity index (χ4n) is 3.67. The summed E-state index contributed by atoms with van der Waals surface area (Å²) in [6, 6.07) is 6.47. The molecule has 2 aromatic carbocycles. The molecule has 0 spiro atoms. The van der Waals surface area contributed by atoms with Crippen LogP contribution in [0.1, 0.15) is 12.8 Å². The normalized spacial score (nSPS) is 13.9. The number of amides is 1. The number of nitrogens with zero attached hydrogens (tertiary/aromatic N) is 3. The molecule has 1 aliphatic heterocycles. The minimum atomic E-state index is -4.67. The molecule has 2 heterocycles. The molecule has 1 amide bonds. The number of fused-ring (bicyclic) bond motifs is 1. The predicted octanol–water partition coefficient (Wildman–Crippen LogP) is 4.73. The Bertz CT molecular complexity index is 1440. The third-order valence-corrected chi connectivity index (χ3v) is 6.21. The smallest absolute Gasteiger partial charge is 0.394 e. The first kappa shape index (κ1) is 29.3. The number of piperidine rings is 1. The maximum absolute atomic E-state index is 14.6. The van der Waals surface area contributed by atoms with Gasteiger partial charge in [0.25, 0.3) is 0 Å². The maximum Gasteiger partial charge on any atom is 0.394 e. The second-order valence-electron chi connectivity index (χ2n) is 7.88. The van der Waals surface area contributed by atoms with Crippen molar-refractivity contribution < 1.29 is 36.2 Å². The highest BCUT2D eigenvalue weighted by Gasteiger charge is 2.24. The van der Waals surface area contributed by atoms with Gasteiger partial charge in [0.15, 0.2) is 17.3 Å². The zero-order valence-corrected chi connectivity index (χ0v) is 22.2. The summed E-state index contributed by atoms with van der Waals surface area (Å²) in [4.78, 5) is 22.1. The van der Waals surface area contributed by atoms with Crippen molar-refractivity contribution in [1.82, 2.24) is 14.9 Å². The minimum absolute atomic E-state index is 0.0841. The van der Waals surface area contributed by atoms with E-state index in [1.54, 1.807) is 24.1 Å². The molecule has 0 unspecified atom stereocenters. The number of methoxy groups -OCH3 is 1. The van der Waals surface area contributed by atoms with Crippen molar-refractivity contribution in [2.75, 3.05) is 25.5 Å². The molecule has 0 saturated carbocycles. The van der Waals surface area contributed by atoms with Gasteiger partial charge in [-0.2, -0.15) is 8.42 Å². The number of carbonyl (C=O) groups is 1. The van der Waals surface area contributed by atoms with Gasteiger partial charge in [-0.1, -0.05) is 29.8 Å². The summed E-state index contributed by atoms with van der Waals surface area (Å²) < 4.78 is 57.9. The average Bonchev–Trinajstić information content (AvgIpc) is 2.88. The summed E-state index contributed by atoms with van der Waals surface area (Å²) in [5.41, 5.74) is 0.713. The Hall–Kier alpha value is -3.23. The molecule has 204 valence electrons. The summed E-state index contributed by atoms with van der Waals surface area (Å²) in [7, 11) is -3.12. The number of aromatic nitrogens is 2. The number of hydrogen-bond acceptors (Lipinski definition) is 8. The van der Waals surface area contributed by atoms with Crippen molar-refractivity contribution in [2.45, 2.75) is 18.9 Å². The Kier molecular flexibility index (Phi) is 9.68. The van der Waals surface area contributed by atoms with Crippen LogP contribution in [0.3, 0.4) is 0 Å². The first-order valence-corrected chi connectivity index (χ1v) is 13.1. The lowest BCUT2D eigenvalue weighted by Crippen LogP contribution is -2.41. The molecule has 1 saturated heterocycles. The van der Waals surface area contributed by atoms with Crippen LogP contribution in [0.4, 0.5) is 15.9 Å². The van der Waals surface area contributed by atoms with E-state index in [4.69, 9.17) is 50.2 Å². The van der Waals surface area contributed by atoms with Crippen molar-refractivity contribution in [3.8, 4) is 11.5 Å². The van der Waals surface area contributed by atoms with Crippen molar-refractivity contribution in [2.24, 2.45) is 0 Å². The SMILES string of the molecule is C=CC(=O)N1CCC(Oc2cc3c(Nc4ccc(Cl)c(Cl)c4F)ncnc3cc2OC)CC1.O=S(=O)(O)O. The van der Waals surface area contributed by atoms with Crippen LogP contribution in [0.25, 0.3) is 10.9 Å². The molecule has 4 rings (SSSR count). The van der Waals surface area contributed by atoms with Gasteiger partial charge in [-0.25, -0.2) is 14.4 Å². The van der Waals surface area contributed by atoms with Gasteiger partial charge in [-0.05, 0) is 24.3 Å². The zero-order chi connectivity index (χ0) is 28.0. The second-order valence-corrected chi connectivity index (χ2v) is 9.57. The molecule has 0 aliphatic carbocycles. The van der Waals surface area contributed by atoms with E-state index in [1.807, 2.05) is 0 Å². The summed E-state index contributed by atoms with van der Waals surface area (Å²) in [6.45, 7) is 4.70. The van der Waals surface area contributed by atoms with Crippen LogP contribution in [0.15, 0.2) is 43.2 Å². The Balaban J connectivity index is 0.000000732. The molecular weight excluding hydrogens is 566 g/mol. The Morgan fingerprint density at radius 2 is 1.87 bits per heavy atom. The molecule has 1 aliphatic rings. The molecule has 3 N–H and O–H groups in total. The second kappa shape index (κ2) is 12.5. The summed E-state index contributed by atoms with van der Waals surface area (Å²) in [5.74, 6) is 0.625. The van der Waals surface area contributed by atoms with Gasteiger partial charge < -0.3 is 19.7 Å². The van der Waals surface area contributed by atoms with E-state index in [-0.39, 0.29) is 27.7 Å². The highest BCUT2D eigenvalue weighted by Crippen LogP contribution is 2.37. The summed E-state index contributed by atoms with van der Waals surface area (Å²) in [5, 5.41) is 3.51. The first-order valence-electron chi connectivity index (χ1n) is 10.9. The van der Waals surface area contributed by atoms with Gasteiger partial charge in [0, 0.05) is 37.4 Å². The van der Waals surface area contributed by atoms with E-state index in [1.165, 1.54) is 24.5 Å². The number of rotatable bonds is 6. The van der Waals surface area contributed by atoms with Crippen molar-refractivity contribution in [1.29, 1.82) is 0 Å². The van der Waals surface area contributed by atoms with Gasteiger partial charge in [0.2, 0.25) is 5.91 Å². The van der Waals surface area contributed by atoms with Crippen molar-refractivity contribution in [3.63, 3.8) is 0 Å². The van der Waals surface area contributed by atoms with Gasteiger partial charge in [-0.15, -0.1) is 0 Å². The van der Waals surface area contributed by atoms with Crippen LogP contribution in [-0.4, -0.2) is 64.6 Å². The largest absolute Gasteiger partial charge is 0.493 e. The number of anilines is 2. The fourth-order valence-corrected chi connectivity index (χ4v) is 3.98. The van der Waals surface area contributed by atoms with Gasteiger partial charge in [0.05, 0.1) is 28.4 Å². The van der Waals surface area contributed by atoms with Crippen LogP contribution < -0.4 is 14.8 Å². The number of ether oxygens (including phenoxy) is 2. The van der Waals surface area contributed by atoms with Gasteiger partial charge >= 0.3 is 10.4 Å². The number of likely N-dealkylation sites (tertiary alicyclic amines) is 1. The molecule has 11 nitrogen and oxygen atoms in total. The Labute approximate surface area is 227 Å². The standard InChI is InChI=1S/C23H21Cl2FN4O3.H2O4S/c1-3-20(31)30-8-6-13(7-9-30)33-19-10-14-17(11-18(19)32-2)27-12-28-23(14)29-16-5-4-15(24)21(25)22(16)26;1-5(2,3)4/h3-5,10-13H,1,6-9H2,2H3,(H,27,28,29);(H2,1,2,3,4). The molecular formula is C23H23Cl2FN4O7S. The van der Waals surface area contributed by atoms with Crippen molar-refractivity contribution >= 4 is 61.9 Å². The fraction of sp³-hybridized carbons (Fsp3) is 0.261. The molecule has 1 fully saturated rings. The average molecular weight is 589 g/mol. The van der Waals surface area contributed by atoms with Crippen LogP contribution >= 0.6 is 23.2 Å². The third-order valence-electron chi connectivity index (χ3n) is 5.43. The summed E-state index contributed by atoms with van der Waals surface area (Å²) in [6.07, 6.45) is 3.93. The molecule has 15 heteroatoms. The number of carbonyl (C=O) groups excluding carboxylic acids is 1. The topological polar surface area (TPSA) is 151 Å². The molecule has 1 aromatic heterocycles. The highest BCUT2D eigenvalue weighted by atomic mass is 35.5. The maximum atomic E-state index is 14.6. The minimum Gasteiger partial charge on any atom is -0.493 e. The number of hydrogen-bond donors (Lipinski definition) is 3. The van der Waals surface area contributed by atoms with Crippen LogP contribution in [0.5, 0.6) is 11.5 Å². The first-order chi connectivity index (χ1) is 17.9. The van der Waals surface area contributed by atoms with Crippen molar-refractivity contribution in [3.05, 3.63) is 59.1 Å². The van der Waals surface area contributed by atoms with E-state index in [9.17, 15) is 9.18 Å². The molecule has 0 atom stereocenters. The molecule has 3 aromatic rings. The molecule has 38 heavy (non-hydrogen) atoms. The summed E-state index contributed by atoms with van der Waals surface area (Å²) >= 11 is 11.8. The van der Waals surface area contributed by atoms with E-state index in [0.717, 1.165) is 0 Å². The van der Waals surface area contributed by atoms with E-state index in [0.29, 0.717) is 54.2 Å². The molecule has 0 bridgehead atoms. The quantitative estimate of drug-likeness (QED) is 0.209. The number of benzene rings is 2. The lowest BCUT2D eigenvalue weighted by molar-refractivity contribution is -0.127. The van der Waals surface area contributed by atoms with E-state index in [2.05, 4.69) is 21.9 Å². The van der Waals surface area contributed by atoms with Gasteiger partial charge in [-0.3, -0.25) is 13.9 Å². The zero-order valence-electron chi connectivity index (χ0n) is 19.9. The lowest BCUT2D eigenvalue weighted by Gasteiger charge is -2.31. The Morgan fingerprint density at radius 3 is 2.47 bits per heavy atom. The molecule has 0 radical (unpaired) electrons. The van der Waals surface area contributed by atoms with E-state index < -0.39 is 16.2 Å². The van der Waals surface area contributed by atoms with Crippen LogP contribution in [0.2, 0.25) is 10.0 Å². The predicted molar refractivity (Wildman–Crippen MR) is 140 cm³/mol.